The van der Waals surface area contributed by atoms with Crippen LogP contribution in [0.4, 0.5) is 0 Å². The second kappa shape index (κ2) is 8.43. The van der Waals surface area contributed by atoms with Gasteiger partial charge in [-0.25, -0.2) is 0 Å². The molecule has 0 saturated heterocycles. The molecule has 2 aliphatic carbocycles. The van der Waals surface area contributed by atoms with Crippen molar-refractivity contribution in [3.05, 3.63) is 64.6 Å². The highest BCUT2D eigenvalue weighted by molar-refractivity contribution is 6.13. The zero-order chi connectivity index (χ0) is 23.1. The summed E-state index contributed by atoms with van der Waals surface area (Å²) in [4.78, 5) is 16.0. The molecule has 0 radical (unpaired) electrons. The smallest absolute Gasteiger partial charge is 0.193 e. The van der Waals surface area contributed by atoms with Gasteiger partial charge in [-0.3, -0.25) is 4.79 Å². The van der Waals surface area contributed by atoms with Gasteiger partial charge in [0.15, 0.2) is 5.78 Å². The number of ketones is 1. The highest BCUT2D eigenvalue weighted by Gasteiger charge is 2.55. The first-order valence-electron chi connectivity index (χ1n) is 11.8. The Morgan fingerprint density at radius 2 is 1.84 bits per heavy atom. The van der Waals surface area contributed by atoms with E-state index >= 15 is 0 Å². The van der Waals surface area contributed by atoms with Crippen LogP contribution < -0.4 is 4.74 Å². The number of benzene rings is 1. The lowest BCUT2D eigenvalue weighted by Gasteiger charge is -2.34. The molecule has 3 aliphatic rings. The average Bonchev–Trinajstić information content (AvgIpc) is 3.09. The number of hydrogen-bond donors (Lipinski definition) is 0. The van der Waals surface area contributed by atoms with Gasteiger partial charge in [-0.1, -0.05) is 19.9 Å². The molecule has 2 unspecified atom stereocenters. The third-order valence-corrected chi connectivity index (χ3v) is 7.10. The minimum atomic E-state index is -0.499. The summed E-state index contributed by atoms with van der Waals surface area (Å²) in [7, 11) is 0. The Kier molecular flexibility index (Phi) is 5.97. The Morgan fingerprint density at radius 1 is 1.09 bits per heavy atom. The predicted molar refractivity (Wildman–Crippen MR) is 126 cm³/mol. The molecule has 0 spiro atoms. The topological polar surface area (TPSA) is 48.0 Å². The summed E-state index contributed by atoms with van der Waals surface area (Å²) >= 11 is 0. The lowest BCUT2D eigenvalue weighted by Crippen LogP contribution is -2.35. The molecule has 1 aromatic carbocycles. The van der Waals surface area contributed by atoms with E-state index in [2.05, 4.69) is 45.6 Å². The fourth-order valence-electron chi connectivity index (χ4n) is 5.03. The molecule has 1 heterocycles. The van der Waals surface area contributed by atoms with E-state index < -0.39 is 10.8 Å². The van der Waals surface area contributed by atoms with Crippen molar-refractivity contribution in [2.24, 2.45) is 5.41 Å². The highest BCUT2D eigenvalue weighted by atomic mass is 16.5. The van der Waals surface area contributed by atoms with E-state index in [0.29, 0.717) is 13.2 Å². The van der Waals surface area contributed by atoms with E-state index in [1.54, 1.807) is 0 Å². The number of ether oxygens (including phenoxy) is 3. The van der Waals surface area contributed by atoms with Crippen LogP contribution in [0.15, 0.2) is 53.5 Å². The Bertz CT molecular complexity index is 999. The van der Waals surface area contributed by atoms with Crippen molar-refractivity contribution in [2.75, 3.05) is 32.8 Å². The van der Waals surface area contributed by atoms with E-state index in [9.17, 15) is 4.79 Å². The van der Waals surface area contributed by atoms with Crippen LogP contribution >= 0.6 is 0 Å². The van der Waals surface area contributed by atoms with Gasteiger partial charge in [0.2, 0.25) is 0 Å². The number of fused-ring (bicyclic) bond motifs is 3. The molecule has 2 atom stereocenters. The number of likely N-dealkylation sites (N-methyl/N-ethyl adjacent to an activating group) is 1. The number of Topliss-reactive ketones (excluding diaryl/α,β-unsaturated/α-hetero) is 1. The molecule has 0 N–H and O–H groups in total. The van der Waals surface area contributed by atoms with Crippen molar-refractivity contribution < 1.29 is 19.0 Å². The quantitative estimate of drug-likeness (QED) is 0.571. The van der Waals surface area contributed by atoms with Crippen LogP contribution in [-0.2, 0) is 14.9 Å². The van der Waals surface area contributed by atoms with Gasteiger partial charge in [0.1, 0.15) is 30.0 Å². The fourth-order valence-corrected chi connectivity index (χ4v) is 5.03. The van der Waals surface area contributed by atoms with E-state index in [-0.39, 0.29) is 11.9 Å². The molecule has 5 nitrogen and oxygen atoms in total. The van der Waals surface area contributed by atoms with Gasteiger partial charge in [-0.05, 0) is 76.7 Å². The summed E-state index contributed by atoms with van der Waals surface area (Å²) in [5, 5.41) is 0. The monoisotopic (exact) mass is 437 g/mol. The van der Waals surface area contributed by atoms with Crippen molar-refractivity contribution in [1.29, 1.82) is 0 Å². The summed E-state index contributed by atoms with van der Waals surface area (Å²) in [6.07, 6.45) is 5.77. The van der Waals surface area contributed by atoms with E-state index in [1.165, 1.54) is 0 Å². The van der Waals surface area contributed by atoms with Crippen molar-refractivity contribution in [3.63, 3.8) is 0 Å². The maximum atomic E-state index is 13.7. The van der Waals surface area contributed by atoms with Crippen LogP contribution in [0.3, 0.4) is 0 Å². The molecule has 1 aromatic rings. The molecule has 0 fully saturated rings. The molecule has 4 rings (SSSR count). The summed E-state index contributed by atoms with van der Waals surface area (Å²) in [5.41, 5.74) is 1.52. The van der Waals surface area contributed by atoms with Crippen molar-refractivity contribution in [3.8, 4) is 5.75 Å². The number of carbonyl (C=O) groups is 1. The zero-order valence-corrected chi connectivity index (χ0v) is 20.2. The third-order valence-electron chi connectivity index (χ3n) is 7.10. The Balaban J connectivity index is 1.63. The molecule has 1 aliphatic heterocycles. The van der Waals surface area contributed by atoms with Gasteiger partial charge >= 0.3 is 0 Å². The van der Waals surface area contributed by atoms with Crippen molar-refractivity contribution >= 4 is 5.78 Å². The van der Waals surface area contributed by atoms with E-state index in [0.717, 1.165) is 53.6 Å². The van der Waals surface area contributed by atoms with Crippen molar-refractivity contribution in [2.45, 2.75) is 53.1 Å². The second-order valence-corrected chi connectivity index (χ2v) is 9.40. The molecular formula is C27H35NO4. The molecule has 0 amide bonds. The normalized spacial score (nSPS) is 25.2. The second-order valence-electron chi connectivity index (χ2n) is 9.40. The van der Waals surface area contributed by atoms with Crippen LogP contribution in [0.5, 0.6) is 5.75 Å². The lowest BCUT2D eigenvalue weighted by atomic mass is 9.65. The van der Waals surface area contributed by atoms with Gasteiger partial charge in [-0.2, -0.15) is 0 Å². The average molecular weight is 438 g/mol. The summed E-state index contributed by atoms with van der Waals surface area (Å²) in [6.45, 7) is 16.7. The highest BCUT2D eigenvalue weighted by Crippen LogP contribution is 2.56. The molecule has 5 heteroatoms. The number of nitrogens with zero attached hydrogens (tertiary/aromatic N) is 1. The molecule has 172 valence electrons. The van der Waals surface area contributed by atoms with E-state index in [1.807, 2.05) is 37.3 Å². The number of carbonyl (C=O) groups excluding carboxylic acids is 1. The summed E-state index contributed by atoms with van der Waals surface area (Å²) < 4.78 is 18.2. The SMILES string of the molecule is CCOC1=CC2OC3=C(C(=O)c4ccc(OCCN(CC)CC)cc4C3(C)C)C2(C)C=C1. The Morgan fingerprint density at radius 3 is 2.53 bits per heavy atom. The first-order chi connectivity index (χ1) is 15.3. The zero-order valence-electron chi connectivity index (χ0n) is 20.2. The number of allylic oxidation sites excluding steroid dienone is 2. The third kappa shape index (κ3) is 3.57. The van der Waals surface area contributed by atoms with Crippen LogP contribution in [0.2, 0.25) is 0 Å². The number of hydrogen-bond acceptors (Lipinski definition) is 5. The van der Waals surface area contributed by atoms with Gasteiger partial charge in [-0.15, -0.1) is 0 Å². The van der Waals surface area contributed by atoms with Crippen LogP contribution in [-0.4, -0.2) is 49.6 Å². The lowest BCUT2D eigenvalue weighted by molar-refractivity contribution is 0.0978. The Labute approximate surface area is 191 Å². The fraction of sp³-hybridized carbons (Fsp3) is 0.519. The molecule has 32 heavy (non-hydrogen) atoms. The first-order valence-corrected chi connectivity index (χ1v) is 11.8. The van der Waals surface area contributed by atoms with Gasteiger partial charge < -0.3 is 19.1 Å². The van der Waals surface area contributed by atoms with Gasteiger partial charge in [0, 0.05) is 17.5 Å². The Hall–Kier alpha value is -2.53. The maximum Gasteiger partial charge on any atom is 0.193 e. The van der Waals surface area contributed by atoms with Crippen LogP contribution in [0.1, 0.15) is 57.5 Å². The van der Waals surface area contributed by atoms with Crippen LogP contribution in [0, 0.1) is 5.41 Å². The van der Waals surface area contributed by atoms with Gasteiger partial charge in [0.25, 0.3) is 0 Å². The molecular weight excluding hydrogens is 402 g/mol. The predicted octanol–water partition coefficient (Wildman–Crippen LogP) is 5.03. The molecule has 0 aromatic heterocycles. The first kappa shape index (κ1) is 22.7. The molecule has 0 bridgehead atoms. The van der Waals surface area contributed by atoms with Gasteiger partial charge in [0.05, 0.1) is 17.6 Å². The number of rotatable bonds is 8. The minimum Gasteiger partial charge on any atom is -0.494 e. The minimum absolute atomic E-state index is 0.0481. The van der Waals surface area contributed by atoms with E-state index in [4.69, 9.17) is 14.2 Å². The van der Waals surface area contributed by atoms with Crippen LogP contribution in [0.25, 0.3) is 0 Å². The summed E-state index contributed by atoms with van der Waals surface area (Å²) in [6, 6.07) is 5.85. The maximum absolute atomic E-state index is 13.7. The molecule has 0 saturated carbocycles. The summed E-state index contributed by atoms with van der Waals surface area (Å²) in [5.74, 6) is 2.40. The standard InChI is InChI=1S/C27H35NO4/c1-7-28(8-2)14-15-31-18-10-11-20-21(16-18)26(4,5)25-23(24(20)29)27(6)13-12-19(30-9-3)17-22(27)32-25/h10-13,16-17,22H,7-9,14-15H2,1-6H3. The largest absolute Gasteiger partial charge is 0.494 e. The van der Waals surface area contributed by atoms with Crippen molar-refractivity contribution in [1.82, 2.24) is 4.90 Å².